The number of sulfone groups is 1. The molecule has 0 saturated carbocycles. The van der Waals surface area contributed by atoms with E-state index < -0.39 is 15.8 Å². The van der Waals surface area contributed by atoms with Gasteiger partial charge in [0.2, 0.25) is 0 Å². The van der Waals surface area contributed by atoms with E-state index in [0.29, 0.717) is 10.4 Å². The Labute approximate surface area is 197 Å². The van der Waals surface area contributed by atoms with Crippen LogP contribution in [-0.2, 0) is 43.5 Å². The van der Waals surface area contributed by atoms with Crippen molar-refractivity contribution in [2.75, 3.05) is 12.9 Å². The van der Waals surface area contributed by atoms with Gasteiger partial charge < -0.3 is 9.30 Å². The van der Waals surface area contributed by atoms with Crippen LogP contribution >= 0.6 is 11.3 Å². The molecule has 2 aromatic carbocycles. The minimum Gasteiger partial charge on any atom is -0.468 e. The number of ether oxygens (including phenoxy) is 1. The van der Waals surface area contributed by atoms with Crippen molar-refractivity contribution in [2.45, 2.75) is 51.0 Å². The van der Waals surface area contributed by atoms with E-state index >= 15 is 0 Å². The summed E-state index contributed by atoms with van der Waals surface area (Å²) >= 11 is 1.36. The molecule has 0 fully saturated rings. The van der Waals surface area contributed by atoms with E-state index in [0.717, 1.165) is 29.5 Å². The summed E-state index contributed by atoms with van der Waals surface area (Å²) in [5.41, 5.74) is 2.70. The number of rotatable bonds is 9. The molecule has 3 aromatic rings. The maximum atomic E-state index is 12.7. The topological polar surface area (TPSA) is 94.8 Å². The molecular weight excluding hydrogens is 460 g/mol. The molecule has 0 bridgehead atoms. The van der Waals surface area contributed by atoms with Crippen molar-refractivity contribution in [3.8, 4) is 0 Å². The molecule has 0 aliphatic heterocycles. The van der Waals surface area contributed by atoms with E-state index in [1.165, 1.54) is 36.1 Å². The van der Waals surface area contributed by atoms with Gasteiger partial charge in [-0.05, 0) is 48.2 Å². The van der Waals surface area contributed by atoms with Gasteiger partial charge in [-0.15, -0.1) is 0 Å². The van der Waals surface area contributed by atoms with Gasteiger partial charge in [-0.3, -0.25) is 9.59 Å². The molecule has 0 atom stereocenters. The fourth-order valence-electron chi connectivity index (χ4n) is 3.39. The molecule has 9 heteroatoms. The van der Waals surface area contributed by atoms with Crippen molar-refractivity contribution in [3.05, 3.63) is 58.4 Å². The highest BCUT2D eigenvalue weighted by atomic mass is 32.2. The van der Waals surface area contributed by atoms with Crippen molar-refractivity contribution < 1.29 is 22.7 Å². The van der Waals surface area contributed by atoms with Gasteiger partial charge in [-0.2, -0.15) is 4.99 Å². The van der Waals surface area contributed by atoms with E-state index in [-0.39, 0.29) is 29.5 Å². The van der Waals surface area contributed by atoms with Crippen LogP contribution in [0.1, 0.15) is 37.8 Å². The number of thiazole rings is 1. The number of hydrogen-bond donors (Lipinski definition) is 0. The average Bonchev–Trinajstić information content (AvgIpc) is 3.13. The number of hydrogen-bond acceptors (Lipinski definition) is 6. The van der Waals surface area contributed by atoms with Gasteiger partial charge >= 0.3 is 5.97 Å². The molecule has 0 spiro atoms. The summed E-state index contributed by atoms with van der Waals surface area (Å²) in [4.78, 5) is 29.6. The quantitative estimate of drug-likeness (QED) is 0.428. The van der Waals surface area contributed by atoms with E-state index in [1.54, 1.807) is 23.6 Å². The molecule has 0 saturated heterocycles. The second-order valence-corrected chi connectivity index (χ2v) is 11.0. The first-order chi connectivity index (χ1) is 15.8. The number of esters is 1. The lowest BCUT2D eigenvalue weighted by atomic mass is 10.1. The Morgan fingerprint density at radius 1 is 1.06 bits per heavy atom. The van der Waals surface area contributed by atoms with Crippen molar-refractivity contribution in [2.24, 2.45) is 4.99 Å². The van der Waals surface area contributed by atoms with Gasteiger partial charge in [0.25, 0.3) is 5.91 Å². The van der Waals surface area contributed by atoms with Crippen LogP contribution in [0.2, 0.25) is 0 Å². The van der Waals surface area contributed by atoms with Crippen LogP contribution in [0, 0.1) is 0 Å². The third kappa shape index (κ3) is 6.17. The van der Waals surface area contributed by atoms with Gasteiger partial charge in [0.05, 0.1) is 34.4 Å². The zero-order chi connectivity index (χ0) is 24.0. The number of unbranched alkanes of at least 4 members (excludes halogenated alkanes) is 1. The highest BCUT2D eigenvalue weighted by Crippen LogP contribution is 2.21. The monoisotopic (exact) mass is 488 g/mol. The van der Waals surface area contributed by atoms with Gasteiger partial charge in [-0.25, -0.2) is 8.42 Å². The van der Waals surface area contributed by atoms with E-state index in [9.17, 15) is 18.0 Å². The second kappa shape index (κ2) is 10.9. The second-order valence-electron chi connectivity index (χ2n) is 7.68. The number of carbonyl (C=O) groups is 2. The Morgan fingerprint density at radius 3 is 2.39 bits per heavy atom. The zero-order valence-corrected chi connectivity index (χ0v) is 20.7. The van der Waals surface area contributed by atoms with Crippen LogP contribution in [0.4, 0.5) is 0 Å². The van der Waals surface area contributed by atoms with Crippen molar-refractivity contribution >= 4 is 43.3 Å². The number of benzene rings is 2. The largest absolute Gasteiger partial charge is 0.468 e. The lowest BCUT2D eigenvalue weighted by Crippen LogP contribution is -2.22. The lowest BCUT2D eigenvalue weighted by Gasteiger charge is -2.05. The van der Waals surface area contributed by atoms with Crippen molar-refractivity contribution in [1.29, 1.82) is 0 Å². The maximum absolute atomic E-state index is 12.7. The van der Waals surface area contributed by atoms with Crippen LogP contribution in [0.25, 0.3) is 10.2 Å². The Bertz CT molecular complexity index is 1320. The number of methoxy groups -OCH3 is 1. The number of nitrogens with zero attached hydrogens (tertiary/aromatic N) is 2. The molecule has 0 N–H and O–H groups in total. The van der Waals surface area contributed by atoms with E-state index in [4.69, 9.17) is 4.74 Å². The zero-order valence-electron chi connectivity index (χ0n) is 19.0. The summed E-state index contributed by atoms with van der Waals surface area (Å²) in [5, 5.41) is 0. The Morgan fingerprint density at radius 2 is 1.76 bits per heavy atom. The highest BCUT2D eigenvalue weighted by Gasteiger charge is 2.14. The molecule has 0 radical (unpaired) electrons. The lowest BCUT2D eigenvalue weighted by molar-refractivity contribution is -0.141. The Kier molecular flexibility index (Phi) is 8.20. The SMILES string of the molecule is CCCCc1ccc2c(c1)sc(=NC(=O)Cc1ccc(S(=O)(=O)CC)cc1)n2CC(=O)OC. The van der Waals surface area contributed by atoms with Gasteiger partial charge in [-0.1, -0.05) is 49.8 Å². The molecule has 1 aromatic heterocycles. The Hall–Kier alpha value is -2.78. The summed E-state index contributed by atoms with van der Waals surface area (Å²) in [6, 6.07) is 12.4. The molecule has 0 aliphatic rings. The molecule has 3 rings (SSSR count). The summed E-state index contributed by atoms with van der Waals surface area (Å²) < 4.78 is 31.4. The number of amides is 1. The first-order valence-corrected chi connectivity index (χ1v) is 13.3. The minimum absolute atomic E-state index is 0.0207. The third-order valence-electron chi connectivity index (χ3n) is 5.32. The van der Waals surface area contributed by atoms with Crippen LogP contribution in [0.15, 0.2) is 52.4 Å². The number of aromatic nitrogens is 1. The molecule has 176 valence electrons. The smallest absolute Gasteiger partial charge is 0.325 e. The summed E-state index contributed by atoms with van der Waals surface area (Å²) in [6.45, 7) is 3.69. The Balaban J connectivity index is 1.92. The first-order valence-electron chi connectivity index (χ1n) is 10.9. The highest BCUT2D eigenvalue weighted by molar-refractivity contribution is 7.91. The molecule has 0 unspecified atom stereocenters. The fourth-order valence-corrected chi connectivity index (χ4v) is 5.38. The standard InChI is InChI=1S/C24H28N2O5S2/c1-4-6-7-17-10-13-20-21(14-17)32-24(26(20)16-23(28)31-3)25-22(27)15-18-8-11-19(12-9-18)33(29,30)5-2/h8-14H,4-7,15-16H2,1-3H3. The van der Waals surface area contributed by atoms with E-state index in [1.807, 2.05) is 12.1 Å². The van der Waals surface area contributed by atoms with Gasteiger partial charge in [0.15, 0.2) is 14.6 Å². The summed E-state index contributed by atoms with van der Waals surface area (Å²) in [6.07, 6.45) is 3.19. The fraction of sp³-hybridized carbons (Fsp3) is 0.375. The van der Waals surface area contributed by atoms with E-state index in [2.05, 4.69) is 18.0 Å². The molecular formula is C24H28N2O5S2. The molecule has 7 nitrogen and oxygen atoms in total. The molecule has 0 aliphatic carbocycles. The molecule has 1 heterocycles. The molecule has 33 heavy (non-hydrogen) atoms. The van der Waals surface area contributed by atoms with Crippen LogP contribution in [-0.4, -0.2) is 37.7 Å². The predicted octanol–water partition coefficient (Wildman–Crippen LogP) is 3.68. The number of aryl methyl sites for hydroxylation is 1. The summed E-state index contributed by atoms with van der Waals surface area (Å²) in [5.74, 6) is -0.781. The van der Waals surface area contributed by atoms with Crippen LogP contribution < -0.4 is 4.80 Å². The van der Waals surface area contributed by atoms with Crippen molar-refractivity contribution in [3.63, 3.8) is 0 Å². The average molecular weight is 489 g/mol. The normalized spacial score (nSPS) is 12.3. The predicted molar refractivity (Wildman–Crippen MR) is 129 cm³/mol. The first kappa shape index (κ1) is 24.9. The third-order valence-corrected chi connectivity index (χ3v) is 8.11. The van der Waals surface area contributed by atoms with Gasteiger partial charge in [0, 0.05) is 0 Å². The molecule has 1 amide bonds. The summed E-state index contributed by atoms with van der Waals surface area (Å²) in [7, 11) is -1.97. The van der Waals surface area contributed by atoms with Crippen LogP contribution in [0.5, 0.6) is 0 Å². The maximum Gasteiger partial charge on any atom is 0.325 e. The number of carbonyl (C=O) groups excluding carboxylic acids is 2. The minimum atomic E-state index is -3.29. The van der Waals surface area contributed by atoms with Crippen LogP contribution in [0.3, 0.4) is 0 Å². The number of fused-ring (bicyclic) bond motifs is 1. The van der Waals surface area contributed by atoms with Crippen molar-refractivity contribution in [1.82, 2.24) is 4.57 Å². The van der Waals surface area contributed by atoms with Gasteiger partial charge in [0.1, 0.15) is 6.54 Å².